The van der Waals surface area contributed by atoms with Crippen molar-refractivity contribution < 1.29 is 4.39 Å². The minimum atomic E-state index is -0.224. The van der Waals surface area contributed by atoms with Crippen molar-refractivity contribution in [3.63, 3.8) is 0 Å². The number of rotatable bonds is 6. The molecule has 0 fully saturated rings. The number of anilines is 3. The lowest BCUT2D eigenvalue weighted by Crippen LogP contribution is -2.07. The average Bonchev–Trinajstić information content (AvgIpc) is 2.59. The SMILES string of the molecule is Fc1ccc(CCNc2cc(Nc3ccccc3Cl)ncn2)cc1. The highest BCUT2D eigenvalue weighted by atomic mass is 35.5. The van der Waals surface area contributed by atoms with Crippen molar-refractivity contribution in [2.45, 2.75) is 6.42 Å². The van der Waals surface area contributed by atoms with Crippen LogP contribution in [-0.4, -0.2) is 16.5 Å². The van der Waals surface area contributed by atoms with Gasteiger partial charge < -0.3 is 10.6 Å². The summed E-state index contributed by atoms with van der Waals surface area (Å²) in [5, 5.41) is 7.02. The lowest BCUT2D eigenvalue weighted by atomic mass is 10.1. The Morgan fingerprint density at radius 2 is 1.71 bits per heavy atom. The number of nitrogens with zero attached hydrogens (tertiary/aromatic N) is 2. The van der Waals surface area contributed by atoms with E-state index in [1.807, 2.05) is 30.3 Å². The maximum Gasteiger partial charge on any atom is 0.135 e. The van der Waals surface area contributed by atoms with Gasteiger partial charge in [0.15, 0.2) is 0 Å². The molecule has 4 nitrogen and oxygen atoms in total. The molecule has 3 aromatic rings. The van der Waals surface area contributed by atoms with E-state index in [1.54, 1.807) is 12.1 Å². The minimum absolute atomic E-state index is 0.224. The molecule has 1 aromatic heterocycles. The van der Waals surface area contributed by atoms with Gasteiger partial charge in [-0.05, 0) is 36.2 Å². The molecule has 0 unspecified atom stereocenters. The molecule has 0 saturated heterocycles. The molecule has 0 bridgehead atoms. The van der Waals surface area contributed by atoms with E-state index in [0.29, 0.717) is 23.2 Å². The molecule has 0 spiro atoms. The molecule has 6 heteroatoms. The van der Waals surface area contributed by atoms with Crippen molar-refractivity contribution in [1.82, 2.24) is 9.97 Å². The smallest absolute Gasteiger partial charge is 0.135 e. The van der Waals surface area contributed by atoms with Crippen LogP contribution in [0.2, 0.25) is 5.02 Å². The predicted molar refractivity (Wildman–Crippen MR) is 95.4 cm³/mol. The maximum atomic E-state index is 12.9. The molecule has 3 rings (SSSR count). The van der Waals surface area contributed by atoms with Crippen LogP contribution in [0.1, 0.15) is 5.56 Å². The third-order valence-electron chi connectivity index (χ3n) is 3.44. The number of nitrogens with one attached hydrogen (secondary N) is 2. The standard InChI is InChI=1S/C18H16ClFN4/c19-15-3-1-2-4-16(15)24-18-11-17(22-12-23-18)21-10-9-13-5-7-14(20)8-6-13/h1-8,11-12H,9-10H2,(H2,21,22,23,24). The van der Waals surface area contributed by atoms with Gasteiger partial charge in [0, 0.05) is 12.6 Å². The van der Waals surface area contributed by atoms with Crippen LogP contribution in [0, 0.1) is 5.82 Å². The van der Waals surface area contributed by atoms with Gasteiger partial charge >= 0.3 is 0 Å². The highest BCUT2D eigenvalue weighted by Crippen LogP contribution is 2.24. The van der Waals surface area contributed by atoms with Crippen LogP contribution in [0.5, 0.6) is 0 Å². The summed E-state index contributed by atoms with van der Waals surface area (Å²) in [6, 6.07) is 15.8. The van der Waals surface area contributed by atoms with Gasteiger partial charge in [-0.1, -0.05) is 35.9 Å². The van der Waals surface area contributed by atoms with E-state index in [1.165, 1.54) is 18.5 Å². The Labute approximate surface area is 144 Å². The highest BCUT2D eigenvalue weighted by Gasteiger charge is 2.02. The van der Waals surface area contributed by atoms with Crippen molar-refractivity contribution >= 4 is 28.9 Å². The number of halogens is 2. The summed E-state index contributed by atoms with van der Waals surface area (Å²) in [6.07, 6.45) is 2.26. The second kappa shape index (κ2) is 7.75. The van der Waals surface area contributed by atoms with Gasteiger partial charge in [0.05, 0.1) is 10.7 Å². The second-order valence-corrected chi connectivity index (χ2v) is 5.60. The molecule has 0 saturated carbocycles. The summed E-state index contributed by atoms with van der Waals surface area (Å²) < 4.78 is 12.9. The summed E-state index contributed by atoms with van der Waals surface area (Å²) in [4.78, 5) is 8.38. The van der Waals surface area contributed by atoms with Crippen LogP contribution < -0.4 is 10.6 Å². The van der Waals surface area contributed by atoms with E-state index in [4.69, 9.17) is 11.6 Å². The fraction of sp³-hybridized carbons (Fsp3) is 0.111. The van der Waals surface area contributed by atoms with Crippen molar-refractivity contribution in [2.75, 3.05) is 17.2 Å². The van der Waals surface area contributed by atoms with Crippen molar-refractivity contribution in [1.29, 1.82) is 0 Å². The Hall–Kier alpha value is -2.66. The summed E-state index contributed by atoms with van der Waals surface area (Å²) in [5.74, 6) is 1.14. The lowest BCUT2D eigenvalue weighted by Gasteiger charge is -2.09. The number of hydrogen-bond donors (Lipinski definition) is 2. The van der Waals surface area contributed by atoms with Gasteiger partial charge in [0.2, 0.25) is 0 Å². The fourth-order valence-corrected chi connectivity index (χ4v) is 2.39. The third kappa shape index (κ3) is 4.43. The molecule has 0 amide bonds. The number of hydrogen-bond acceptors (Lipinski definition) is 4. The minimum Gasteiger partial charge on any atom is -0.370 e. The van der Waals surface area contributed by atoms with Gasteiger partial charge in [0.25, 0.3) is 0 Å². The lowest BCUT2D eigenvalue weighted by molar-refractivity contribution is 0.627. The van der Waals surface area contributed by atoms with Gasteiger partial charge in [-0.3, -0.25) is 0 Å². The van der Waals surface area contributed by atoms with Crippen LogP contribution in [0.25, 0.3) is 0 Å². The topological polar surface area (TPSA) is 49.8 Å². The molecule has 24 heavy (non-hydrogen) atoms. The van der Waals surface area contributed by atoms with Gasteiger partial charge in [-0.2, -0.15) is 0 Å². The Balaban J connectivity index is 1.59. The van der Waals surface area contributed by atoms with Crippen LogP contribution in [0.3, 0.4) is 0 Å². The number of benzene rings is 2. The zero-order valence-electron chi connectivity index (χ0n) is 12.8. The van der Waals surface area contributed by atoms with E-state index in [0.717, 1.165) is 17.7 Å². The maximum absolute atomic E-state index is 12.9. The molecule has 0 radical (unpaired) electrons. The normalized spacial score (nSPS) is 10.4. The summed E-state index contributed by atoms with van der Waals surface area (Å²) in [6.45, 7) is 0.689. The quantitative estimate of drug-likeness (QED) is 0.683. The van der Waals surface area contributed by atoms with Gasteiger partial charge in [-0.15, -0.1) is 0 Å². The Bertz CT molecular complexity index is 808. The van der Waals surface area contributed by atoms with Gasteiger partial charge in [-0.25, -0.2) is 14.4 Å². The fourth-order valence-electron chi connectivity index (χ4n) is 2.21. The molecular weight excluding hydrogens is 327 g/mol. The van der Waals surface area contributed by atoms with Gasteiger partial charge in [0.1, 0.15) is 23.8 Å². The van der Waals surface area contributed by atoms with E-state index >= 15 is 0 Å². The average molecular weight is 343 g/mol. The zero-order valence-corrected chi connectivity index (χ0v) is 13.6. The molecule has 1 heterocycles. The Kier molecular flexibility index (Phi) is 5.23. The molecule has 122 valence electrons. The molecule has 0 atom stereocenters. The Morgan fingerprint density at radius 3 is 2.50 bits per heavy atom. The summed E-state index contributed by atoms with van der Waals surface area (Å²) in [7, 11) is 0. The first-order valence-corrected chi connectivity index (χ1v) is 7.90. The van der Waals surface area contributed by atoms with E-state index < -0.39 is 0 Å². The predicted octanol–water partition coefficient (Wildman–Crippen LogP) is 4.67. The first-order chi connectivity index (χ1) is 11.7. The summed E-state index contributed by atoms with van der Waals surface area (Å²) in [5.41, 5.74) is 1.85. The molecular formula is C18H16ClFN4. The van der Waals surface area contributed by atoms with Crippen LogP contribution in [0.15, 0.2) is 60.9 Å². The first kappa shape index (κ1) is 16.2. The number of para-hydroxylation sites is 1. The molecule has 0 aliphatic rings. The molecule has 0 aliphatic heterocycles. The molecule has 2 aromatic carbocycles. The third-order valence-corrected chi connectivity index (χ3v) is 3.77. The Morgan fingerprint density at radius 1 is 0.958 bits per heavy atom. The van der Waals surface area contributed by atoms with Crippen molar-refractivity contribution in [3.8, 4) is 0 Å². The van der Waals surface area contributed by atoms with E-state index in [2.05, 4.69) is 20.6 Å². The first-order valence-electron chi connectivity index (χ1n) is 7.52. The van der Waals surface area contributed by atoms with E-state index in [-0.39, 0.29) is 5.82 Å². The number of aromatic nitrogens is 2. The van der Waals surface area contributed by atoms with Crippen molar-refractivity contribution in [3.05, 3.63) is 77.3 Å². The second-order valence-electron chi connectivity index (χ2n) is 5.20. The van der Waals surface area contributed by atoms with Crippen LogP contribution in [-0.2, 0) is 6.42 Å². The van der Waals surface area contributed by atoms with Crippen LogP contribution >= 0.6 is 11.6 Å². The van der Waals surface area contributed by atoms with Crippen molar-refractivity contribution in [2.24, 2.45) is 0 Å². The molecule has 0 aliphatic carbocycles. The highest BCUT2D eigenvalue weighted by molar-refractivity contribution is 6.33. The molecule has 2 N–H and O–H groups in total. The zero-order chi connectivity index (χ0) is 16.8. The van der Waals surface area contributed by atoms with Crippen LogP contribution in [0.4, 0.5) is 21.7 Å². The monoisotopic (exact) mass is 342 g/mol. The summed E-state index contributed by atoms with van der Waals surface area (Å²) >= 11 is 6.13. The van der Waals surface area contributed by atoms with E-state index in [9.17, 15) is 4.39 Å². The largest absolute Gasteiger partial charge is 0.370 e.